The quantitative estimate of drug-likeness (QED) is 0.756. The lowest BCUT2D eigenvalue weighted by Crippen LogP contribution is -2.39. The summed E-state index contributed by atoms with van der Waals surface area (Å²) in [6.07, 6.45) is 3.26. The van der Waals surface area contributed by atoms with E-state index in [1.807, 2.05) is 12.3 Å². The second kappa shape index (κ2) is 9.56. The molecule has 124 valence electrons. The summed E-state index contributed by atoms with van der Waals surface area (Å²) in [4.78, 5) is 30.2. The SMILES string of the molecule is CCCCC(=O)N(CCC(C)C)CC(=O)Nc1nc(C)cs1. The van der Waals surface area contributed by atoms with Gasteiger partial charge in [-0.05, 0) is 25.7 Å². The molecule has 0 aliphatic heterocycles. The van der Waals surface area contributed by atoms with Crippen molar-refractivity contribution in [3.05, 3.63) is 11.1 Å². The molecule has 5 nitrogen and oxygen atoms in total. The summed E-state index contributed by atoms with van der Waals surface area (Å²) in [6.45, 7) is 8.91. The number of unbranched alkanes of at least 4 members (excludes halogenated alkanes) is 1. The van der Waals surface area contributed by atoms with E-state index in [1.54, 1.807) is 4.90 Å². The Morgan fingerprint density at radius 2 is 2.14 bits per heavy atom. The van der Waals surface area contributed by atoms with Gasteiger partial charge in [-0.1, -0.05) is 27.2 Å². The number of rotatable bonds is 9. The molecule has 1 N–H and O–H groups in total. The molecule has 0 unspecified atom stereocenters. The smallest absolute Gasteiger partial charge is 0.245 e. The number of aryl methyl sites for hydroxylation is 1. The number of hydrogen-bond donors (Lipinski definition) is 1. The van der Waals surface area contributed by atoms with Gasteiger partial charge in [-0.15, -0.1) is 11.3 Å². The zero-order valence-electron chi connectivity index (χ0n) is 14.0. The van der Waals surface area contributed by atoms with Crippen LogP contribution in [-0.2, 0) is 9.59 Å². The lowest BCUT2D eigenvalue weighted by atomic mass is 10.1. The molecule has 1 rings (SSSR count). The highest BCUT2D eigenvalue weighted by Crippen LogP contribution is 2.14. The fourth-order valence-electron chi connectivity index (χ4n) is 1.94. The summed E-state index contributed by atoms with van der Waals surface area (Å²) in [5.74, 6) is 0.391. The number of amides is 2. The molecular formula is C16H27N3O2S. The Balaban J connectivity index is 2.57. The molecule has 1 aromatic rings. The van der Waals surface area contributed by atoms with Crippen molar-refractivity contribution in [2.24, 2.45) is 5.92 Å². The first-order chi connectivity index (χ1) is 10.4. The standard InChI is InChI=1S/C16H27N3O2S/c1-5-6-7-15(21)19(9-8-12(2)3)10-14(20)18-16-17-13(4)11-22-16/h11-12H,5-10H2,1-4H3,(H,17,18,20). The van der Waals surface area contributed by atoms with Crippen molar-refractivity contribution in [3.8, 4) is 0 Å². The summed E-state index contributed by atoms with van der Waals surface area (Å²) >= 11 is 1.40. The Labute approximate surface area is 137 Å². The van der Waals surface area contributed by atoms with Crippen molar-refractivity contribution in [2.75, 3.05) is 18.4 Å². The molecule has 0 aliphatic carbocycles. The molecule has 2 amide bonds. The van der Waals surface area contributed by atoms with Crippen LogP contribution in [0.2, 0.25) is 0 Å². The monoisotopic (exact) mass is 325 g/mol. The third-order valence-corrected chi connectivity index (χ3v) is 4.15. The second-order valence-electron chi connectivity index (χ2n) is 5.94. The summed E-state index contributed by atoms with van der Waals surface area (Å²) in [7, 11) is 0. The summed E-state index contributed by atoms with van der Waals surface area (Å²) in [5.41, 5.74) is 0.885. The predicted octanol–water partition coefficient (Wildman–Crippen LogP) is 3.45. The lowest BCUT2D eigenvalue weighted by molar-refractivity contribution is -0.135. The molecule has 0 aromatic carbocycles. The van der Waals surface area contributed by atoms with E-state index in [9.17, 15) is 9.59 Å². The minimum absolute atomic E-state index is 0.0629. The Morgan fingerprint density at radius 3 is 2.68 bits per heavy atom. The normalized spacial score (nSPS) is 10.8. The van der Waals surface area contributed by atoms with Crippen molar-refractivity contribution in [3.63, 3.8) is 0 Å². The third kappa shape index (κ3) is 7.02. The minimum atomic E-state index is -0.178. The number of hydrogen-bond acceptors (Lipinski definition) is 4. The van der Waals surface area contributed by atoms with Gasteiger partial charge in [0.1, 0.15) is 0 Å². The van der Waals surface area contributed by atoms with Crippen molar-refractivity contribution >= 4 is 28.3 Å². The second-order valence-corrected chi connectivity index (χ2v) is 6.80. The van der Waals surface area contributed by atoms with E-state index in [1.165, 1.54) is 11.3 Å². The summed E-state index contributed by atoms with van der Waals surface area (Å²) in [5, 5.41) is 5.24. The van der Waals surface area contributed by atoms with Crippen LogP contribution < -0.4 is 5.32 Å². The largest absolute Gasteiger partial charge is 0.333 e. The van der Waals surface area contributed by atoms with E-state index in [0.29, 0.717) is 24.0 Å². The topological polar surface area (TPSA) is 62.3 Å². The van der Waals surface area contributed by atoms with Crippen LogP contribution >= 0.6 is 11.3 Å². The first-order valence-corrected chi connectivity index (χ1v) is 8.80. The highest BCUT2D eigenvalue weighted by atomic mass is 32.1. The molecule has 1 heterocycles. The maximum absolute atomic E-state index is 12.2. The number of aromatic nitrogens is 1. The number of carbonyl (C=O) groups is 2. The fourth-order valence-corrected chi connectivity index (χ4v) is 2.64. The predicted molar refractivity (Wildman–Crippen MR) is 91.0 cm³/mol. The van der Waals surface area contributed by atoms with Crippen LogP contribution in [0.15, 0.2) is 5.38 Å². The first kappa shape index (κ1) is 18.6. The average Bonchev–Trinajstić information content (AvgIpc) is 2.85. The van der Waals surface area contributed by atoms with Gasteiger partial charge in [-0.25, -0.2) is 4.98 Å². The van der Waals surface area contributed by atoms with Crippen LogP contribution in [0, 0.1) is 12.8 Å². The number of anilines is 1. The van der Waals surface area contributed by atoms with Gasteiger partial charge in [0, 0.05) is 18.3 Å². The van der Waals surface area contributed by atoms with E-state index in [2.05, 4.69) is 31.1 Å². The van der Waals surface area contributed by atoms with Gasteiger partial charge in [-0.2, -0.15) is 0 Å². The molecule has 0 radical (unpaired) electrons. The van der Waals surface area contributed by atoms with Gasteiger partial charge in [0.25, 0.3) is 0 Å². The Hall–Kier alpha value is -1.43. The van der Waals surface area contributed by atoms with Crippen LogP contribution in [0.5, 0.6) is 0 Å². The zero-order valence-corrected chi connectivity index (χ0v) is 14.8. The maximum atomic E-state index is 12.2. The summed E-state index contributed by atoms with van der Waals surface area (Å²) < 4.78 is 0. The number of thiazole rings is 1. The van der Waals surface area contributed by atoms with E-state index in [-0.39, 0.29) is 18.4 Å². The van der Waals surface area contributed by atoms with Crippen LogP contribution in [0.1, 0.15) is 52.1 Å². The molecule has 22 heavy (non-hydrogen) atoms. The van der Waals surface area contributed by atoms with E-state index < -0.39 is 0 Å². The molecule has 0 saturated carbocycles. The van der Waals surface area contributed by atoms with E-state index in [4.69, 9.17) is 0 Å². The number of nitrogens with zero attached hydrogens (tertiary/aromatic N) is 2. The molecule has 0 spiro atoms. The van der Waals surface area contributed by atoms with E-state index >= 15 is 0 Å². The van der Waals surface area contributed by atoms with Gasteiger partial charge >= 0.3 is 0 Å². The van der Waals surface area contributed by atoms with Crippen molar-refractivity contribution in [2.45, 2.75) is 53.4 Å². The molecule has 0 bridgehead atoms. The van der Waals surface area contributed by atoms with Gasteiger partial charge in [-0.3, -0.25) is 9.59 Å². The Morgan fingerprint density at radius 1 is 1.41 bits per heavy atom. The maximum Gasteiger partial charge on any atom is 0.245 e. The molecule has 0 atom stereocenters. The number of carbonyl (C=O) groups excluding carboxylic acids is 2. The van der Waals surface area contributed by atoms with Crippen LogP contribution in [-0.4, -0.2) is 34.8 Å². The molecule has 0 aliphatic rings. The van der Waals surface area contributed by atoms with Crippen molar-refractivity contribution in [1.29, 1.82) is 0 Å². The van der Waals surface area contributed by atoms with Gasteiger partial charge in [0.15, 0.2) is 5.13 Å². The summed E-state index contributed by atoms with van der Waals surface area (Å²) in [6, 6.07) is 0. The van der Waals surface area contributed by atoms with Gasteiger partial charge in [0.2, 0.25) is 11.8 Å². The molecular weight excluding hydrogens is 298 g/mol. The lowest BCUT2D eigenvalue weighted by Gasteiger charge is -2.23. The molecule has 0 fully saturated rings. The Kier molecular flexibility index (Phi) is 8.09. The Bertz CT molecular complexity index is 485. The van der Waals surface area contributed by atoms with Crippen molar-refractivity contribution < 1.29 is 9.59 Å². The van der Waals surface area contributed by atoms with Crippen LogP contribution in [0.4, 0.5) is 5.13 Å². The number of nitrogens with one attached hydrogen (secondary N) is 1. The van der Waals surface area contributed by atoms with E-state index in [0.717, 1.165) is 25.0 Å². The van der Waals surface area contributed by atoms with Crippen LogP contribution in [0.25, 0.3) is 0 Å². The highest BCUT2D eigenvalue weighted by molar-refractivity contribution is 7.13. The molecule has 0 saturated heterocycles. The molecule has 1 aromatic heterocycles. The molecule has 6 heteroatoms. The highest BCUT2D eigenvalue weighted by Gasteiger charge is 2.17. The third-order valence-electron chi connectivity index (χ3n) is 3.27. The van der Waals surface area contributed by atoms with Crippen LogP contribution in [0.3, 0.4) is 0 Å². The average molecular weight is 325 g/mol. The van der Waals surface area contributed by atoms with Gasteiger partial charge in [0.05, 0.1) is 12.2 Å². The van der Waals surface area contributed by atoms with Gasteiger partial charge < -0.3 is 10.2 Å². The first-order valence-electron chi connectivity index (χ1n) is 7.92. The minimum Gasteiger partial charge on any atom is -0.333 e. The van der Waals surface area contributed by atoms with Crippen molar-refractivity contribution in [1.82, 2.24) is 9.88 Å². The fraction of sp³-hybridized carbons (Fsp3) is 0.688. The zero-order chi connectivity index (χ0) is 16.5.